The van der Waals surface area contributed by atoms with Crippen molar-refractivity contribution in [2.24, 2.45) is 5.92 Å². The largest absolute Gasteiger partial charge is 0.346 e. The summed E-state index contributed by atoms with van der Waals surface area (Å²) in [7, 11) is 0. The van der Waals surface area contributed by atoms with Gasteiger partial charge in [-0.2, -0.15) is 5.26 Å². The lowest BCUT2D eigenvalue weighted by Crippen LogP contribution is -2.55. The minimum absolute atomic E-state index is 0.0301. The van der Waals surface area contributed by atoms with Gasteiger partial charge in [0.15, 0.2) is 5.78 Å². The summed E-state index contributed by atoms with van der Waals surface area (Å²) in [5.74, 6) is 0.732. The van der Waals surface area contributed by atoms with E-state index in [4.69, 9.17) is 5.26 Å². The summed E-state index contributed by atoms with van der Waals surface area (Å²) in [6, 6.07) is 3.74. The molecule has 1 amide bonds. The SMILES string of the molecule is C/C=C/C(=O)CN(c1ncnc2[nH]ccc12)C1CN(C(=O)CC#N)CC[C@H]1C. The summed E-state index contributed by atoms with van der Waals surface area (Å²) >= 11 is 0. The molecule has 28 heavy (non-hydrogen) atoms. The van der Waals surface area contributed by atoms with Crippen LogP contribution in [0.4, 0.5) is 5.82 Å². The predicted octanol–water partition coefficient (Wildman–Crippen LogP) is 2.06. The molecule has 2 aromatic rings. The van der Waals surface area contributed by atoms with Gasteiger partial charge in [-0.15, -0.1) is 0 Å². The topological polar surface area (TPSA) is 106 Å². The second-order valence-electron chi connectivity index (χ2n) is 7.04. The third-order valence-electron chi connectivity index (χ3n) is 5.19. The molecule has 2 atom stereocenters. The Labute approximate surface area is 163 Å². The van der Waals surface area contributed by atoms with Gasteiger partial charge in [0.25, 0.3) is 0 Å². The molecule has 0 aliphatic carbocycles. The number of fused-ring (bicyclic) bond motifs is 1. The molecule has 0 bridgehead atoms. The lowest BCUT2D eigenvalue weighted by Gasteiger charge is -2.43. The van der Waals surface area contributed by atoms with Crippen LogP contribution in [0.3, 0.4) is 0 Å². The molecule has 8 heteroatoms. The number of ketones is 1. The maximum atomic E-state index is 12.5. The van der Waals surface area contributed by atoms with E-state index < -0.39 is 0 Å². The van der Waals surface area contributed by atoms with Gasteiger partial charge in [0.2, 0.25) is 5.91 Å². The summed E-state index contributed by atoms with van der Waals surface area (Å²) in [6.45, 7) is 5.18. The van der Waals surface area contributed by atoms with Gasteiger partial charge < -0.3 is 14.8 Å². The zero-order valence-corrected chi connectivity index (χ0v) is 16.1. The molecular weight excluding hydrogens is 356 g/mol. The number of anilines is 1. The Bertz CT molecular complexity index is 928. The second kappa shape index (κ2) is 8.65. The molecule has 3 heterocycles. The summed E-state index contributed by atoms with van der Waals surface area (Å²) in [5, 5.41) is 9.70. The van der Waals surface area contributed by atoms with Gasteiger partial charge in [-0.25, -0.2) is 9.97 Å². The number of nitriles is 1. The summed E-state index contributed by atoms with van der Waals surface area (Å²) in [4.78, 5) is 40.2. The quantitative estimate of drug-likeness (QED) is 0.769. The summed E-state index contributed by atoms with van der Waals surface area (Å²) < 4.78 is 0. The van der Waals surface area contributed by atoms with Gasteiger partial charge in [0, 0.05) is 19.3 Å². The van der Waals surface area contributed by atoms with Crippen LogP contribution in [-0.4, -0.2) is 57.2 Å². The molecule has 1 fully saturated rings. The van der Waals surface area contributed by atoms with E-state index in [1.165, 1.54) is 6.33 Å². The number of carbonyl (C=O) groups excluding carboxylic acids is 2. The Hall–Kier alpha value is -3.21. The number of piperidine rings is 1. The van der Waals surface area contributed by atoms with Crippen molar-refractivity contribution in [3.63, 3.8) is 0 Å². The zero-order valence-electron chi connectivity index (χ0n) is 16.1. The number of aromatic nitrogens is 3. The van der Waals surface area contributed by atoms with Crippen LogP contribution < -0.4 is 4.90 Å². The minimum atomic E-state index is -0.173. The normalized spacial score (nSPS) is 19.7. The van der Waals surface area contributed by atoms with Gasteiger partial charge >= 0.3 is 0 Å². The summed E-state index contributed by atoms with van der Waals surface area (Å²) in [6.07, 6.45) is 7.22. The molecule has 1 aliphatic heterocycles. The van der Waals surface area contributed by atoms with Crippen LogP contribution in [0.5, 0.6) is 0 Å². The van der Waals surface area contributed by atoms with Crippen LogP contribution >= 0.6 is 0 Å². The molecule has 146 valence electrons. The maximum Gasteiger partial charge on any atom is 0.236 e. The highest BCUT2D eigenvalue weighted by molar-refractivity contribution is 5.95. The number of H-pyrrole nitrogens is 1. The molecule has 0 radical (unpaired) electrons. The van der Waals surface area contributed by atoms with E-state index in [0.717, 1.165) is 11.8 Å². The average molecular weight is 380 g/mol. The Kier molecular flexibility index (Phi) is 6.04. The van der Waals surface area contributed by atoms with Crippen molar-refractivity contribution < 1.29 is 9.59 Å². The number of hydrogen-bond acceptors (Lipinski definition) is 6. The number of nitrogens with one attached hydrogen (secondary N) is 1. The number of rotatable bonds is 6. The van der Waals surface area contributed by atoms with Crippen molar-refractivity contribution in [2.45, 2.75) is 32.7 Å². The molecule has 0 saturated carbocycles. The molecule has 0 aromatic carbocycles. The lowest BCUT2D eigenvalue weighted by molar-refractivity contribution is -0.131. The van der Waals surface area contributed by atoms with Crippen LogP contribution in [0.25, 0.3) is 11.0 Å². The van der Waals surface area contributed by atoms with Crippen molar-refractivity contribution in [3.05, 3.63) is 30.7 Å². The predicted molar refractivity (Wildman–Crippen MR) is 105 cm³/mol. The van der Waals surface area contributed by atoms with Crippen LogP contribution in [0, 0.1) is 17.2 Å². The molecule has 1 saturated heterocycles. The molecule has 8 nitrogen and oxygen atoms in total. The molecule has 1 N–H and O–H groups in total. The van der Waals surface area contributed by atoms with Crippen LogP contribution in [-0.2, 0) is 9.59 Å². The third-order valence-corrected chi connectivity index (χ3v) is 5.19. The molecular formula is C20H24N6O2. The molecule has 0 spiro atoms. The minimum Gasteiger partial charge on any atom is -0.346 e. The average Bonchev–Trinajstić information content (AvgIpc) is 3.16. The van der Waals surface area contributed by atoms with Gasteiger partial charge in [-0.1, -0.05) is 13.0 Å². The van der Waals surface area contributed by atoms with E-state index in [-0.39, 0.29) is 36.6 Å². The van der Waals surface area contributed by atoms with E-state index in [9.17, 15) is 9.59 Å². The standard InChI is InChI=1S/C20H24N6O2/c1-3-4-15(27)11-26(20-16-6-9-22-19(16)23-13-24-20)17-12-25(10-7-14(17)2)18(28)5-8-21/h3-4,6,9,13-14,17H,5,7,10-12H2,1-2H3,(H,22,23,24)/b4-3+/t14-,17?/m1/s1. The van der Waals surface area contributed by atoms with Crippen LogP contribution in [0.1, 0.15) is 26.7 Å². The lowest BCUT2D eigenvalue weighted by atomic mass is 9.91. The van der Waals surface area contributed by atoms with Crippen molar-refractivity contribution >= 4 is 28.5 Å². The Morgan fingerprint density at radius 1 is 1.46 bits per heavy atom. The van der Waals surface area contributed by atoms with E-state index in [0.29, 0.717) is 24.6 Å². The Morgan fingerprint density at radius 3 is 3.04 bits per heavy atom. The fourth-order valence-corrected chi connectivity index (χ4v) is 3.70. The Balaban J connectivity index is 1.98. The highest BCUT2D eigenvalue weighted by atomic mass is 16.2. The van der Waals surface area contributed by atoms with Gasteiger partial charge in [-0.3, -0.25) is 9.59 Å². The fraction of sp³-hybridized carbons (Fsp3) is 0.450. The fourth-order valence-electron chi connectivity index (χ4n) is 3.70. The van der Waals surface area contributed by atoms with Gasteiger partial charge in [0.05, 0.1) is 24.0 Å². The number of hydrogen-bond donors (Lipinski definition) is 1. The van der Waals surface area contributed by atoms with Gasteiger partial charge in [0.1, 0.15) is 24.2 Å². The number of nitrogens with zero attached hydrogens (tertiary/aromatic N) is 5. The first-order valence-corrected chi connectivity index (χ1v) is 9.40. The highest BCUT2D eigenvalue weighted by Crippen LogP contribution is 2.30. The maximum absolute atomic E-state index is 12.5. The van der Waals surface area contributed by atoms with Crippen LogP contribution in [0.15, 0.2) is 30.7 Å². The number of carbonyl (C=O) groups is 2. The van der Waals surface area contributed by atoms with Crippen molar-refractivity contribution in [1.82, 2.24) is 19.9 Å². The first kappa shape index (κ1) is 19.5. The number of allylic oxidation sites excluding steroid dienone is 1. The third kappa shape index (κ3) is 4.03. The van der Waals surface area contributed by atoms with E-state index >= 15 is 0 Å². The number of amides is 1. The van der Waals surface area contributed by atoms with Crippen molar-refractivity contribution in [1.29, 1.82) is 5.26 Å². The van der Waals surface area contributed by atoms with E-state index in [1.54, 1.807) is 23.2 Å². The van der Waals surface area contributed by atoms with Crippen molar-refractivity contribution in [3.8, 4) is 6.07 Å². The second-order valence-corrected chi connectivity index (χ2v) is 7.04. The number of likely N-dealkylation sites (tertiary alicyclic amines) is 1. The summed E-state index contributed by atoms with van der Waals surface area (Å²) in [5.41, 5.74) is 0.703. The molecule has 2 aromatic heterocycles. The monoisotopic (exact) mass is 380 g/mol. The highest BCUT2D eigenvalue weighted by Gasteiger charge is 2.34. The Morgan fingerprint density at radius 2 is 2.29 bits per heavy atom. The molecule has 3 rings (SSSR count). The smallest absolute Gasteiger partial charge is 0.236 e. The molecule has 1 aliphatic rings. The number of aromatic amines is 1. The van der Waals surface area contributed by atoms with Gasteiger partial charge in [-0.05, 0) is 31.4 Å². The van der Waals surface area contributed by atoms with E-state index in [2.05, 4.69) is 21.9 Å². The first-order valence-electron chi connectivity index (χ1n) is 9.40. The van der Waals surface area contributed by atoms with Crippen LogP contribution in [0.2, 0.25) is 0 Å². The van der Waals surface area contributed by atoms with Crippen molar-refractivity contribution in [2.75, 3.05) is 24.5 Å². The zero-order chi connectivity index (χ0) is 20.1. The first-order chi connectivity index (χ1) is 13.5. The molecule has 1 unspecified atom stereocenters. The van der Waals surface area contributed by atoms with E-state index in [1.807, 2.05) is 24.0 Å².